The topological polar surface area (TPSA) is 38.3 Å². The van der Waals surface area contributed by atoms with Crippen molar-refractivity contribution in [3.8, 4) is 0 Å². The zero-order valence-corrected chi connectivity index (χ0v) is 11.3. The number of hydrogen-bond donors (Lipinski definition) is 1. The van der Waals surface area contributed by atoms with Crippen LogP contribution in [0.2, 0.25) is 0 Å². The highest BCUT2D eigenvalue weighted by Gasteiger charge is 2.13. The van der Waals surface area contributed by atoms with Crippen LogP contribution in [0.5, 0.6) is 0 Å². The Morgan fingerprint density at radius 2 is 1.94 bits per heavy atom. The summed E-state index contributed by atoms with van der Waals surface area (Å²) in [6.07, 6.45) is 3.24. The van der Waals surface area contributed by atoms with E-state index in [2.05, 4.69) is 17.4 Å². The number of ether oxygens (including phenoxy) is 1. The molecule has 18 heavy (non-hydrogen) atoms. The maximum atomic E-state index is 11.4. The summed E-state index contributed by atoms with van der Waals surface area (Å²) in [4.78, 5) is 11.4. The van der Waals surface area contributed by atoms with Gasteiger partial charge in [0.25, 0.3) is 0 Å². The Hall–Kier alpha value is -1.61. The largest absolute Gasteiger partial charge is 0.457 e. The summed E-state index contributed by atoms with van der Waals surface area (Å²) in [5.41, 5.74) is 0.793. The van der Waals surface area contributed by atoms with Gasteiger partial charge in [0.1, 0.15) is 5.60 Å². The molecule has 0 aliphatic heterocycles. The SMILES string of the molecule is CC(C)(C)OC(=O)/C=C/CNCc1ccccc1. The van der Waals surface area contributed by atoms with Crippen LogP contribution in [0.25, 0.3) is 0 Å². The third-order valence-corrected chi connectivity index (χ3v) is 2.09. The van der Waals surface area contributed by atoms with Gasteiger partial charge in [-0.2, -0.15) is 0 Å². The van der Waals surface area contributed by atoms with E-state index in [9.17, 15) is 4.79 Å². The zero-order chi connectivity index (χ0) is 13.4. The minimum atomic E-state index is -0.432. The lowest BCUT2D eigenvalue weighted by Crippen LogP contribution is -2.22. The van der Waals surface area contributed by atoms with Crippen molar-refractivity contribution < 1.29 is 9.53 Å². The summed E-state index contributed by atoms with van der Waals surface area (Å²) < 4.78 is 5.15. The lowest BCUT2D eigenvalue weighted by Gasteiger charge is -2.17. The van der Waals surface area contributed by atoms with Gasteiger partial charge in [-0.3, -0.25) is 0 Å². The van der Waals surface area contributed by atoms with Crippen LogP contribution >= 0.6 is 0 Å². The van der Waals surface area contributed by atoms with Crippen LogP contribution in [0, 0.1) is 0 Å². The molecule has 0 amide bonds. The molecule has 0 saturated heterocycles. The molecular formula is C15H21NO2. The fraction of sp³-hybridized carbons (Fsp3) is 0.400. The molecule has 0 atom stereocenters. The lowest BCUT2D eigenvalue weighted by molar-refractivity contribution is -0.148. The summed E-state index contributed by atoms with van der Waals surface area (Å²) >= 11 is 0. The molecule has 0 aromatic heterocycles. The summed E-state index contributed by atoms with van der Waals surface area (Å²) in [5, 5.41) is 3.23. The van der Waals surface area contributed by atoms with Crippen molar-refractivity contribution >= 4 is 5.97 Å². The van der Waals surface area contributed by atoms with Crippen LogP contribution < -0.4 is 5.32 Å². The van der Waals surface area contributed by atoms with Gasteiger partial charge in [-0.05, 0) is 26.3 Å². The predicted molar refractivity (Wildman–Crippen MR) is 73.1 cm³/mol. The molecule has 0 radical (unpaired) electrons. The van der Waals surface area contributed by atoms with E-state index in [1.807, 2.05) is 39.0 Å². The zero-order valence-electron chi connectivity index (χ0n) is 11.3. The van der Waals surface area contributed by atoms with E-state index in [-0.39, 0.29) is 5.97 Å². The molecule has 0 saturated carbocycles. The number of rotatable bonds is 5. The lowest BCUT2D eigenvalue weighted by atomic mass is 10.2. The van der Waals surface area contributed by atoms with Crippen LogP contribution in [0.4, 0.5) is 0 Å². The van der Waals surface area contributed by atoms with E-state index in [1.54, 1.807) is 6.08 Å². The van der Waals surface area contributed by atoms with E-state index in [4.69, 9.17) is 4.74 Å². The average molecular weight is 247 g/mol. The first kappa shape index (κ1) is 14.5. The molecule has 0 bridgehead atoms. The normalized spacial score (nSPS) is 11.7. The Labute approximate surface area is 109 Å². The van der Waals surface area contributed by atoms with Crippen molar-refractivity contribution in [2.75, 3.05) is 6.54 Å². The van der Waals surface area contributed by atoms with Gasteiger partial charge in [0.05, 0.1) is 0 Å². The average Bonchev–Trinajstić information content (AvgIpc) is 2.27. The van der Waals surface area contributed by atoms with Gasteiger partial charge in [-0.25, -0.2) is 4.79 Å². The molecule has 1 aromatic carbocycles. The molecule has 0 heterocycles. The van der Waals surface area contributed by atoms with E-state index in [0.717, 1.165) is 6.54 Å². The van der Waals surface area contributed by atoms with Crippen LogP contribution in [0.1, 0.15) is 26.3 Å². The maximum absolute atomic E-state index is 11.4. The number of esters is 1. The number of nitrogens with one attached hydrogen (secondary N) is 1. The third-order valence-electron chi connectivity index (χ3n) is 2.09. The van der Waals surface area contributed by atoms with Crippen molar-refractivity contribution in [1.29, 1.82) is 0 Å². The van der Waals surface area contributed by atoms with Crippen LogP contribution in [-0.4, -0.2) is 18.1 Å². The molecule has 1 aromatic rings. The summed E-state index contributed by atoms with van der Waals surface area (Å²) in [6, 6.07) is 10.1. The molecule has 0 aliphatic rings. The molecule has 0 aliphatic carbocycles. The smallest absolute Gasteiger partial charge is 0.330 e. The van der Waals surface area contributed by atoms with Crippen molar-refractivity contribution in [3.63, 3.8) is 0 Å². The Morgan fingerprint density at radius 3 is 2.56 bits per heavy atom. The standard InChI is InChI=1S/C15H21NO2/c1-15(2,3)18-14(17)10-7-11-16-12-13-8-5-4-6-9-13/h4-10,16H,11-12H2,1-3H3/b10-7+. The minimum Gasteiger partial charge on any atom is -0.457 e. The highest BCUT2D eigenvalue weighted by molar-refractivity contribution is 5.82. The number of benzene rings is 1. The van der Waals surface area contributed by atoms with Gasteiger partial charge in [-0.1, -0.05) is 36.4 Å². The Balaban J connectivity index is 2.20. The fourth-order valence-corrected chi connectivity index (χ4v) is 1.39. The van der Waals surface area contributed by atoms with Crippen molar-refractivity contribution in [2.45, 2.75) is 32.9 Å². The molecule has 0 spiro atoms. The van der Waals surface area contributed by atoms with Gasteiger partial charge >= 0.3 is 5.97 Å². The first-order valence-corrected chi connectivity index (χ1v) is 6.11. The molecule has 98 valence electrons. The number of carbonyl (C=O) groups excluding carboxylic acids is 1. The predicted octanol–water partition coefficient (Wildman–Crippen LogP) is 2.67. The molecule has 0 unspecified atom stereocenters. The minimum absolute atomic E-state index is 0.302. The number of carbonyl (C=O) groups is 1. The van der Waals surface area contributed by atoms with Gasteiger partial charge in [0.15, 0.2) is 0 Å². The fourth-order valence-electron chi connectivity index (χ4n) is 1.39. The second kappa shape index (κ2) is 6.97. The molecule has 1 rings (SSSR count). The molecular weight excluding hydrogens is 226 g/mol. The quantitative estimate of drug-likeness (QED) is 0.494. The van der Waals surface area contributed by atoms with E-state index >= 15 is 0 Å². The highest BCUT2D eigenvalue weighted by Crippen LogP contribution is 2.06. The first-order chi connectivity index (χ1) is 8.47. The Kier molecular flexibility index (Phi) is 5.59. The van der Waals surface area contributed by atoms with Gasteiger partial charge in [0.2, 0.25) is 0 Å². The molecule has 3 nitrogen and oxygen atoms in total. The summed E-state index contributed by atoms with van der Waals surface area (Å²) in [7, 11) is 0. The second-order valence-electron chi connectivity index (χ2n) is 5.05. The molecule has 1 N–H and O–H groups in total. The Bertz CT molecular complexity index is 391. The second-order valence-corrected chi connectivity index (χ2v) is 5.05. The van der Waals surface area contributed by atoms with E-state index in [0.29, 0.717) is 6.54 Å². The van der Waals surface area contributed by atoms with Crippen molar-refractivity contribution in [2.24, 2.45) is 0 Å². The monoisotopic (exact) mass is 247 g/mol. The van der Waals surface area contributed by atoms with Crippen molar-refractivity contribution in [3.05, 3.63) is 48.0 Å². The van der Waals surface area contributed by atoms with Gasteiger partial charge < -0.3 is 10.1 Å². The molecule has 0 fully saturated rings. The van der Waals surface area contributed by atoms with E-state index < -0.39 is 5.60 Å². The molecule has 3 heteroatoms. The van der Waals surface area contributed by atoms with Gasteiger partial charge in [-0.15, -0.1) is 0 Å². The summed E-state index contributed by atoms with van der Waals surface area (Å²) in [6.45, 7) is 7.00. The highest BCUT2D eigenvalue weighted by atomic mass is 16.6. The van der Waals surface area contributed by atoms with Crippen LogP contribution in [0.15, 0.2) is 42.5 Å². The van der Waals surface area contributed by atoms with Crippen LogP contribution in [-0.2, 0) is 16.1 Å². The first-order valence-electron chi connectivity index (χ1n) is 6.11. The van der Waals surface area contributed by atoms with Crippen LogP contribution in [0.3, 0.4) is 0 Å². The number of hydrogen-bond acceptors (Lipinski definition) is 3. The summed E-state index contributed by atoms with van der Waals surface area (Å²) in [5.74, 6) is -0.302. The maximum Gasteiger partial charge on any atom is 0.330 e. The van der Waals surface area contributed by atoms with Crippen molar-refractivity contribution in [1.82, 2.24) is 5.32 Å². The Morgan fingerprint density at radius 1 is 1.28 bits per heavy atom. The third kappa shape index (κ3) is 6.86. The van der Waals surface area contributed by atoms with E-state index in [1.165, 1.54) is 11.6 Å². The van der Waals surface area contributed by atoms with Gasteiger partial charge in [0, 0.05) is 19.2 Å².